The molecule has 4 aliphatic rings. The molecule has 6 aromatic rings. The largest absolute Gasteiger partial charge is 0.364 e. The van der Waals surface area contributed by atoms with Crippen LogP contribution in [0.2, 0.25) is 0 Å². The van der Waals surface area contributed by atoms with Crippen molar-refractivity contribution in [2.75, 3.05) is 0 Å². The fourth-order valence-electron chi connectivity index (χ4n) is 12.0. The van der Waals surface area contributed by atoms with E-state index in [4.69, 9.17) is 27.1 Å². The Hall–Kier alpha value is -4.74. The second-order valence-corrected chi connectivity index (χ2v) is 17.3. The molecule has 0 aliphatic heterocycles. The van der Waals surface area contributed by atoms with Crippen molar-refractivity contribution in [2.45, 2.75) is 113 Å². The molecule has 0 saturated heterocycles. The highest BCUT2D eigenvalue weighted by Gasteiger charge is 2.46. The summed E-state index contributed by atoms with van der Waals surface area (Å²) in [5.74, 6) is 5.86. The molecule has 0 spiro atoms. The maximum absolute atomic E-state index is 5.48. The smallest absolute Gasteiger partial charge is 0.127 e. The van der Waals surface area contributed by atoms with Crippen LogP contribution in [0, 0.1) is 35.5 Å². The third kappa shape index (κ3) is 6.88. The van der Waals surface area contributed by atoms with Crippen LogP contribution in [0.5, 0.6) is 0 Å². The first-order valence-corrected chi connectivity index (χ1v) is 20.1. The van der Waals surface area contributed by atoms with Crippen molar-refractivity contribution in [3.8, 4) is 0 Å². The van der Waals surface area contributed by atoms with Crippen LogP contribution in [0.4, 0.5) is 0 Å². The van der Waals surface area contributed by atoms with E-state index in [0.717, 1.165) is 51.4 Å². The fourth-order valence-corrected chi connectivity index (χ4v) is 12.0. The number of aromatic nitrogens is 6. The lowest BCUT2D eigenvalue weighted by atomic mass is 9.56. The van der Waals surface area contributed by atoms with Crippen molar-refractivity contribution < 1.29 is 27.1 Å². The third-order valence-electron chi connectivity index (χ3n) is 14.6. The molecule has 282 valence electrons. The van der Waals surface area contributed by atoms with Crippen molar-refractivity contribution in [1.29, 1.82) is 0 Å². The van der Waals surface area contributed by atoms with E-state index in [1.807, 2.05) is 74.8 Å². The van der Waals surface area contributed by atoms with Crippen LogP contribution in [0.25, 0.3) is 0 Å². The van der Waals surface area contributed by atoms with Gasteiger partial charge in [0.15, 0.2) is 0 Å². The van der Waals surface area contributed by atoms with Gasteiger partial charge < -0.3 is 27.1 Å². The van der Waals surface area contributed by atoms with E-state index >= 15 is 0 Å². The third-order valence-corrected chi connectivity index (χ3v) is 14.6. The summed E-state index contributed by atoms with van der Waals surface area (Å²) in [6.07, 6.45) is 36.6. The zero-order chi connectivity index (χ0) is 35.8. The summed E-state index contributed by atoms with van der Waals surface area (Å²) in [6.45, 7) is 0. The van der Waals surface area contributed by atoms with E-state index in [9.17, 15) is 0 Å². The molecule has 4 fully saturated rings. The number of hydrogen-bond acceptors (Lipinski definition) is 12. The van der Waals surface area contributed by atoms with E-state index in [1.165, 1.54) is 59.1 Å². The lowest BCUT2D eigenvalue weighted by Crippen LogP contribution is -2.38. The first-order valence-electron chi connectivity index (χ1n) is 20.1. The molecule has 10 rings (SSSR count). The zero-order valence-corrected chi connectivity index (χ0v) is 30.5. The van der Waals surface area contributed by atoms with Gasteiger partial charge >= 0.3 is 0 Å². The lowest BCUT2D eigenvalue weighted by molar-refractivity contribution is 0.0532. The summed E-state index contributed by atoms with van der Waals surface area (Å²) in [4.78, 5) is 0. The van der Waals surface area contributed by atoms with E-state index in [0.29, 0.717) is 71.0 Å². The van der Waals surface area contributed by atoms with E-state index in [1.54, 1.807) is 0 Å². The van der Waals surface area contributed by atoms with Gasteiger partial charge in [-0.05, 0) is 148 Å². The Morgan fingerprint density at radius 2 is 0.444 bits per heavy atom. The van der Waals surface area contributed by atoms with Crippen LogP contribution < -0.4 is 0 Å². The van der Waals surface area contributed by atoms with Crippen molar-refractivity contribution in [3.05, 3.63) is 108 Å². The molecule has 54 heavy (non-hydrogen) atoms. The lowest BCUT2D eigenvalue weighted by Gasteiger charge is -2.49. The van der Waals surface area contributed by atoms with Gasteiger partial charge in [0.1, 0.15) is 37.6 Å². The molecule has 12 nitrogen and oxygen atoms in total. The van der Waals surface area contributed by atoms with Gasteiger partial charge in [-0.3, -0.25) is 0 Å². The van der Waals surface area contributed by atoms with Crippen LogP contribution in [0.15, 0.2) is 102 Å². The van der Waals surface area contributed by atoms with Crippen LogP contribution >= 0.6 is 0 Å². The number of hydrogen-bond donors (Lipinski definition) is 0. The maximum atomic E-state index is 5.48. The summed E-state index contributed by atoms with van der Waals surface area (Å²) in [6, 6.07) is 0. The molecule has 4 saturated carbocycles. The van der Waals surface area contributed by atoms with E-state index in [2.05, 4.69) is 30.9 Å². The molecule has 0 aromatic carbocycles. The zero-order valence-electron chi connectivity index (χ0n) is 30.5. The second-order valence-electron chi connectivity index (χ2n) is 17.3. The van der Waals surface area contributed by atoms with Crippen LogP contribution in [-0.2, 0) is 0 Å². The standard InChI is InChI=1S/C42H48N6O6/c1-25(3-31(37-13-43-49-19-37)5-27(1)29-7-33(39-15-45-51-21-39)11-34(8-29)40-16-46-52-22-40)26-2-28(6-32(4-26)38-14-44-50-20-38)30-9-35(41-17-47-53-23-41)12-36(10-30)42-18-48-54-24-42/h13-36H,1-12H2. The molecule has 10 atom stereocenters. The SMILES string of the molecule is c1nocc1C1CC(c2cnoc2)CC(C2CC(c3cnoc3)CC(C3CC(c4cnoc4)CC(C4CC(c5cnoc5)CC(c5cnoc5)C4)C3)C2)C1. The molecule has 0 amide bonds. The maximum Gasteiger partial charge on any atom is 0.127 e. The van der Waals surface area contributed by atoms with Crippen molar-refractivity contribution in [3.63, 3.8) is 0 Å². The van der Waals surface area contributed by atoms with Gasteiger partial charge in [0.2, 0.25) is 0 Å². The predicted octanol–water partition coefficient (Wildman–Crippen LogP) is 10.0. The molecule has 0 N–H and O–H groups in total. The number of nitrogens with zero attached hydrogens (tertiary/aromatic N) is 6. The van der Waals surface area contributed by atoms with Crippen LogP contribution in [-0.4, -0.2) is 30.9 Å². The molecule has 6 heterocycles. The van der Waals surface area contributed by atoms with Gasteiger partial charge in [0, 0.05) is 33.4 Å². The normalized spacial score (nSPS) is 34.9. The quantitative estimate of drug-likeness (QED) is 0.139. The van der Waals surface area contributed by atoms with Gasteiger partial charge in [0.05, 0.1) is 37.2 Å². The Morgan fingerprint density at radius 1 is 0.259 bits per heavy atom. The minimum Gasteiger partial charge on any atom is -0.364 e. The summed E-state index contributed by atoms with van der Waals surface area (Å²) < 4.78 is 32.4. The Kier molecular flexibility index (Phi) is 9.28. The molecule has 12 heteroatoms. The minimum atomic E-state index is 0.393. The summed E-state index contributed by atoms with van der Waals surface area (Å²) in [7, 11) is 0. The van der Waals surface area contributed by atoms with Crippen LogP contribution in [0.1, 0.15) is 146 Å². The molecule has 0 bridgehead atoms. The summed E-state index contributed by atoms with van der Waals surface area (Å²) in [5.41, 5.74) is 7.31. The highest BCUT2D eigenvalue weighted by molar-refractivity contribution is 5.21. The molecular weight excluding hydrogens is 684 g/mol. The van der Waals surface area contributed by atoms with E-state index in [-0.39, 0.29) is 0 Å². The number of rotatable bonds is 9. The van der Waals surface area contributed by atoms with Crippen molar-refractivity contribution in [1.82, 2.24) is 30.9 Å². The first-order chi connectivity index (χ1) is 26.7. The highest BCUT2D eigenvalue weighted by Crippen LogP contribution is 2.57. The Balaban J connectivity index is 0.954. The Labute approximate surface area is 313 Å². The fraction of sp³-hybridized carbons (Fsp3) is 0.571. The average molecular weight is 733 g/mol. The molecule has 4 aliphatic carbocycles. The molecule has 0 radical (unpaired) electrons. The summed E-state index contributed by atoms with van der Waals surface area (Å²) >= 11 is 0. The van der Waals surface area contributed by atoms with Gasteiger partial charge in [-0.1, -0.05) is 30.9 Å². The highest BCUT2D eigenvalue weighted by atomic mass is 16.5. The Bertz CT molecular complexity index is 1750. The van der Waals surface area contributed by atoms with Crippen molar-refractivity contribution >= 4 is 0 Å². The minimum absolute atomic E-state index is 0.393. The average Bonchev–Trinajstić information content (AvgIpc) is 4.09. The van der Waals surface area contributed by atoms with Gasteiger partial charge in [-0.25, -0.2) is 0 Å². The van der Waals surface area contributed by atoms with Crippen molar-refractivity contribution in [2.24, 2.45) is 35.5 Å². The van der Waals surface area contributed by atoms with E-state index < -0.39 is 0 Å². The Morgan fingerprint density at radius 3 is 0.630 bits per heavy atom. The molecule has 6 aromatic heterocycles. The monoisotopic (exact) mass is 732 g/mol. The topological polar surface area (TPSA) is 156 Å². The van der Waals surface area contributed by atoms with Gasteiger partial charge in [-0.2, -0.15) is 0 Å². The second kappa shape index (κ2) is 14.8. The first kappa shape index (κ1) is 33.8. The van der Waals surface area contributed by atoms with Gasteiger partial charge in [0.25, 0.3) is 0 Å². The van der Waals surface area contributed by atoms with Crippen LogP contribution in [0.3, 0.4) is 0 Å². The summed E-state index contributed by atoms with van der Waals surface area (Å²) in [5, 5.41) is 24.8. The van der Waals surface area contributed by atoms with Gasteiger partial charge in [-0.15, -0.1) is 0 Å². The predicted molar refractivity (Wildman–Crippen MR) is 192 cm³/mol. The molecular formula is C42H48N6O6. The molecule has 10 unspecified atom stereocenters.